The van der Waals surface area contributed by atoms with Gasteiger partial charge in [0.15, 0.2) is 0 Å². The van der Waals surface area contributed by atoms with E-state index in [9.17, 15) is 0 Å². The molecule has 0 saturated carbocycles. The topological polar surface area (TPSA) is 69.9 Å². The summed E-state index contributed by atoms with van der Waals surface area (Å²) in [6.45, 7) is 0.378. The number of imidazole rings is 1. The first-order chi connectivity index (χ1) is 10.8. The quantitative estimate of drug-likeness (QED) is 0.629. The minimum atomic E-state index is 0.378. The largest absolute Gasteiger partial charge is 0.444 e. The van der Waals surface area contributed by atoms with Crippen LogP contribution in [0.4, 0.5) is 0 Å². The molecule has 5 nitrogen and oxygen atoms in total. The lowest BCUT2D eigenvalue weighted by molar-refractivity contribution is 0.572. The number of fused-ring (bicyclic) bond motifs is 1. The summed E-state index contributed by atoms with van der Waals surface area (Å²) in [5, 5.41) is 0. The van der Waals surface area contributed by atoms with Gasteiger partial charge in [0, 0.05) is 17.8 Å². The van der Waals surface area contributed by atoms with Crippen LogP contribution in [0, 0.1) is 0 Å². The van der Waals surface area contributed by atoms with Crippen molar-refractivity contribution in [1.82, 2.24) is 14.5 Å². The van der Waals surface area contributed by atoms with Crippen LogP contribution in [0.15, 0.2) is 65.5 Å². The molecule has 4 aromatic rings. The lowest BCUT2D eigenvalue weighted by atomic mass is 10.2. The van der Waals surface area contributed by atoms with Crippen molar-refractivity contribution in [1.29, 1.82) is 0 Å². The number of oxazole rings is 1. The molecule has 2 heterocycles. The highest BCUT2D eigenvalue weighted by Crippen LogP contribution is 2.22. The van der Waals surface area contributed by atoms with Crippen LogP contribution in [0.5, 0.6) is 0 Å². The van der Waals surface area contributed by atoms with Gasteiger partial charge in [0.25, 0.3) is 0 Å². The third-order valence-corrected chi connectivity index (χ3v) is 3.61. The van der Waals surface area contributed by atoms with Crippen LogP contribution in [0.25, 0.3) is 28.2 Å². The van der Waals surface area contributed by atoms with Gasteiger partial charge >= 0.3 is 0 Å². The fourth-order valence-electron chi connectivity index (χ4n) is 2.46. The molecule has 0 unspecified atom stereocenters. The molecule has 0 spiro atoms. The van der Waals surface area contributed by atoms with E-state index in [1.54, 1.807) is 6.26 Å². The molecule has 0 fully saturated rings. The second-order valence-electron chi connectivity index (χ2n) is 5.00. The van der Waals surface area contributed by atoms with Crippen LogP contribution >= 0.6 is 0 Å². The van der Waals surface area contributed by atoms with Crippen LogP contribution in [0.3, 0.4) is 0 Å². The normalized spacial score (nSPS) is 11.1. The summed E-state index contributed by atoms with van der Waals surface area (Å²) in [6, 6.07) is 16.1. The molecule has 0 bridgehead atoms. The van der Waals surface area contributed by atoms with E-state index in [0.29, 0.717) is 12.4 Å². The number of hydrogen-bond acceptors (Lipinski definition) is 4. The Balaban J connectivity index is 1.72. The maximum atomic E-state index is 5.55. The first-order valence-corrected chi connectivity index (χ1v) is 7.02. The highest BCUT2D eigenvalue weighted by molar-refractivity contribution is 5.77. The Kier molecular flexibility index (Phi) is 2.98. The smallest absolute Gasteiger partial charge is 0.226 e. The first kappa shape index (κ1) is 12.8. The molecule has 0 radical (unpaired) electrons. The number of hydrogen-bond donors (Lipinski definition) is 1. The van der Waals surface area contributed by atoms with E-state index >= 15 is 0 Å². The Bertz CT molecular complexity index is 921. The molecule has 0 saturated heterocycles. The summed E-state index contributed by atoms with van der Waals surface area (Å²) in [6.07, 6.45) is 3.42. The fraction of sp³-hybridized carbons (Fsp3) is 0.0588. The molecule has 22 heavy (non-hydrogen) atoms. The molecule has 0 aliphatic carbocycles. The molecule has 0 amide bonds. The third kappa shape index (κ3) is 2.08. The zero-order chi connectivity index (χ0) is 14.9. The van der Waals surface area contributed by atoms with E-state index in [4.69, 9.17) is 10.2 Å². The average molecular weight is 290 g/mol. The number of nitrogens with zero attached hydrogens (tertiary/aromatic N) is 3. The molecule has 2 aromatic heterocycles. The average Bonchev–Trinajstić information content (AvgIpc) is 3.22. The summed E-state index contributed by atoms with van der Waals surface area (Å²) in [5.41, 5.74) is 10.3. The van der Waals surface area contributed by atoms with Gasteiger partial charge in [0.1, 0.15) is 12.6 Å². The van der Waals surface area contributed by atoms with Gasteiger partial charge in [-0.05, 0) is 36.4 Å². The summed E-state index contributed by atoms with van der Waals surface area (Å²) in [4.78, 5) is 8.74. The molecule has 2 N–H and O–H groups in total. The van der Waals surface area contributed by atoms with Crippen molar-refractivity contribution >= 4 is 11.0 Å². The van der Waals surface area contributed by atoms with Crippen LogP contribution in [-0.2, 0) is 6.54 Å². The van der Waals surface area contributed by atoms with Gasteiger partial charge in [-0.25, -0.2) is 9.97 Å². The maximum absolute atomic E-state index is 5.55. The fourth-order valence-corrected chi connectivity index (χ4v) is 2.46. The summed E-state index contributed by atoms with van der Waals surface area (Å²) < 4.78 is 7.49. The van der Waals surface area contributed by atoms with Gasteiger partial charge in [0.2, 0.25) is 5.89 Å². The first-order valence-electron chi connectivity index (χ1n) is 7.02. The molecule has 0 aliphatic rings. The van der Waals surface area contributed by atoms with Crippen molar-refractivity contribution in [3.63, 3.8) is 0 Å². The molecule has 108 valence electrons. The van der Waals surface area contributed by atoms with Crippen LogP contribution in [0.2, 0.25) is 0 Å². The predicted molar refractivity (Wildman–Crippen MR) is 84.5 cm³/mol. The molecule has 4 rings (SSSR count). The number of para-hydroxylation sites is 2. The van der Waals surface area contributed by atoms with Gasteiger partial charge < -0.3 is 10.2 Å². The zero-order valence-electron chi connectivity index (χ0n) is 11.8. The van der Waals surface area contributed by atoms with E-state index in [0.717, 1.165) is 28.0 Å². The Morgan fingerprint density at radius 2 is 1.86 bits per heavy atom. The van der Waals surface area contributed by atoms with Crippen molar-refractivity contribution in [3.05, 3.63) is 66.8 Å². The lowest BCUT2D eigenvalue weighted by Crippen LogP contribution is -1.95. The SMILES string of the molecule is NCc1coc(-c2ccc(-n3cnc4ccccc43)cc2)n1. The Morgan fingerprint density at radius 1 is 1.05 bits per heavy atom. The summed E-state index contributed by atoms with van der Waals surface area (Å²) in [5.74, 6) is 0.586. The minimum absolute atomic E-state index is 0.378. The number of aromatic nitrogens is 3. The highest BCUT2D eigenvalue weighted by atomic mass is 16.3. The van der Waals surface area contributed by atoms with Gasteiger partial charge in [-0.1, -0.05) is 12.1 Å². The molecular formula is C17H14N4O. The predicted octanol–water partition coefficient (Wildman–Crippen LogP) is 3.14. The Labute approximate surface area is 127 Å². The van der Waals surface area contributed by atoms with E-state index < -0.39 is 0 Å². The van der Waals surface area contributed by atoms with Crippen LogP contribution in [-0.4, -0.2) is 14.5 Å². The second-order valence-corrected chi connectivity index (χ2v) is 5.00. The molecule has 0 atom stereocenters. The van der Waals surface area contributed by atoms with Crippen molar-refractivity contribution < 1.29 is 4.42 Å². The molecule has 0 aliphatic heterocycles. The van der Waals surface area contributed by atoms with Gasteiger partial charge in [-0.15, -0.1) is 0 Å². The van der Waals surface area contributed by atoms with Gasteiger partial charge in [0.05, 0.1) is 16.7 Å². The maximum Gasteiger partial charge on any atom is 0.226 e. The van der Waals surface area contributed by atoms with Crippen molar-refractivity contribution in [2.24, 2.45) is 5.73 Å². The molecule has 2 aromatic carbocycles. The van der Waals surface area contributed by atoms with E-state index in [1.807, 2.05) is 48.8 Å². The molecular weight excluding hydrogens is 276 g/mol. The van der Waals surface area contributed by atoms with E-state index in [-0.39, 0.29) is 0 Å². The third-order valence-electron chi connectivity index (χ3n) is 3.61. The van der Waals surface area contributed by atoms with Gasteiger partial charge in [-0.2, -0.15) is 0 Å². The second kappa shape index (κ2) is 5.13. The lowest BCUT2D eigenvalue weighted by Gasteiger charge is -2.04. The van der Waals surface area contributed by atoms with E-state index in [1.165, 1.54) is 0 Å². The van der Waals surface area contributed by atoms with Gasteiger partial charge in [-0.3, -0.25) is 4.57 Å². The zero-order valence-corrected chi connectivity index (χ0v) is 11.8. The Hall–Kier alpha value is -2.92. The van der Waals surface area contributed by atoms with Crippen molar-refractivity contribution in [2.45, 2.75) is 6.54 Å². The number of benzene rings is 2. The van der Waals surface area contributed by atoms with Crippen molar-refractivity contribution in [3.8, 4) is 17.1 Å². The molecule has 5 heteroatoms. The van der Waals surface area contributed by atoms with Crippen molar-refractivity contribution in [2.75, 3.05) is 0 Å². The standard InChI is InChI=1S/C17H14N4O/c18-9-13-10-22-17(20-13)12-5-7-14(8-6-12)21-11-19-15-3-1-2-4-16(15)21/h1-8,10-11H,9,18H2. The monoisotopic (exact) mass is 290 g/mol. The summed E-state index contributed by atoms with van der Waals surface area (Å²) in [7, 11) is 0. The summed E-state index contributed by atoms with van der Waals surface area (Å²) >= 11 is 0. The minimum Gasteiger partial charge on any atom is -0.444 e. The van der Waals surface area contributed by atoms with E-state index in [2.05, 4.69) is 20.6 Å². The Morgan fingerprint density at radius 3 is 2.64 bits per heavy atom. The van der Waals surface area contributed by atoms with Crippen LogP contribution in [0.1, 0.15) is 5.69 Å². The number of nitrogens with two attached hydrogens (primary N) is 1. The van der Waals surface area contributed by atoms with Crippen LogP contribution < -0.4 is 5.73 Å². The number of rotatable bonds is 3. The highest BCUT2D eigenvalue weighted by Gasteiger charge is 2.07.